The molecule has 0 spiro atoms. The van der Waals surface area contributed by atoms with Gasteiger partial charge in [-0.1, -0.05) is 0 Å². The molecule has 1 aliphatic rings. The van der Waals surface area contributed by atoms with Crippen LogP contribution in [0.5, 0.6) is 0 Å². The van der Waals surface area contributed by atoms with Crippen molar-refractivity contribution < 1.29 is 23.1 Å². The lowest BCUT2D eigenvalue weighted by Gasteiger charge is -2.17. The van der Waals surface area contributed by atoms with Gasteiger partial charge < -0.3 is 10.1 Å². The number of hydrogen-bond donors (Lipinski definition) is 1. The minimum atomic E-state index is -0.762. The maximum atomic E-state index is 13.7. The molecule has 0 bridgehead atoms. The molecule has 6 heteroatoms. The van der Waals surface area contributed by atoms with Gasteiger partial charge in [-0.25, -0.2) is 8.78 Å². The summed E-state index contributed by atoms with van der Waals surface area (Å²) in [7, 11) is 1.26. The first-order chi connectivity index (χ1) is 10.0. The summed E-state index contributed by atoms with van der Waals surface area (Å²) >= 11 is 0. The summed E-state index contributed by atoms with van der Waals surface area (Å²) in [6.07, 6.45) is 2.11. The minimum Gasteiger partial charge on any atom is -0.469 e. The molecule has 114 valence electrons. The monoisotopic (exact) mass is 297 g/mol. The molecule has 0 aliphatic heterocycles. The third kappa shape index (κ3) is 4.32. The van der Waals surface area contributed by atoms with Crippen LogP contribution in [0.3, 0.4) is 0 Å². The van der Waals surface area contributed by atoms with E-state index in [9.17, 15) is 18.4 Å². The highest BCUT2D eigenvalue weighted by Crippen LogP contribution is 2.22. The Morgan fingerprint density at radius 2 is 2.10 bits per heavy atom. The summed E-state index contributed by atoms with van der Waals surface area (Å²) in [5.41, 5.74) is -0.294. The van der Waals surface area contributed by atoms with Crippen LogP contribution in [-0.2, 0) is 9.53 Å². The normalized spacial score (nSPS) is 15.6. The Labute approximate surface area is 121 Å². The van der Waals surface area contributed by atoms with E-state index in [1.165, 1.54) is 7.11 Å². The third-order valence-electron chi connectivity index (χ3n) is 3.39. The van der Waals surface area contributed by atoms with Crippen LogP contribution in [0.1, 0.15) is 36.0 Å². The molecule has 0 heterocycles. The topological polar surface area (TPSA) is 55.4 Å². The van der Waals surface area contributed by atoms with Gasteiger partial charge in [-0.15, -0.1) is 0 Å². The minimum absolute atomic E-state index is 0.0452. The molecule has 1 unspecified atom stereocenters. The van der Waals surface area contributed by atoms with E-state index in [-0.39, 0.29) is 24.4 Å². The molecule has 1 aromatic rings. The molecule has 21 heavy (non-hydrogen) atoms. The quantitative estimate of drug-likeness (QED) is 0.619. The van der Waals surface area contributed by atoms with Crippen molar-refractivity contribution in [3.05, 3.63) is 35.4 Å². The number of ether oxygens (including phenoxy) is 1. The number of carbonyl (C=O) groups is 2. The maximum absolute atomic E-state index is 13.7. The van der Waals surface area contributed by atoms with Crippen LogP contribution in [0.2, 0.25) is 0 Å². The van der Waals surface area contributed by atoms with Crippen molar-refractivity contribution >= 4 is 11.8 Å². The molecule has 0 aromatic heterocycles. The second kappa shape index (κ2) is 6.76. The maximum Gasteiger partial charge on any atom is 0.305 e. The van der Waals surface area contributed by atoms with Crippen LogP contribution in [-0.4, -0.2) is 30.9 Å². The van der Waals surface area contributed by atoms with Crippen molar-refractivity contribution in [2.45, 2.75) is 37.8 Å². The number of esters is 1. The molecule has 0 radical (unpaired) electrons. The Hall–Kier alpha value is -1.82. The lowest BCUT2D eigenvalue weighted by atomic mass is 9.99. The number of rotatable bonds is 7. The Morgan fingerprint density at radius 3 is 2.71 bits per heavy atom. The van der Waals surface area contributed by atoms with Crippen molar-refractivity contribution in [2.75, 3.05) is 7.11 Å². The Balaban J connectivity index is 2.12. The molecule has 4 nitrogen and oxygen atoms in total. The van der Waals surface area contributed by atoms with Gasteiger partial charge in [-0.05, 0) is 37.5 Å². The van der Waals surface area contributed by atoms with E-state index in [1.807, 2.05) is 0 Å². The Bertz CT molecular complexity index is 544. The van der Waals surface area contributed by atoms with Gasteiger partial charge in [-0.2, -0.15) is 0 Å². The fourth-order valence-corrected chi connectivity index (χ4v) is 2.06. The van der Waals surface area contributed by atoms with Crippen LogP contribution in [0, 0.1) is 11.6 Å². The fraction of sp³-hybridized carbons (Fsp3) is 0.467. The zero-order chi connectivity index (χ0) is 15.4. The highest BCUT2D eigenvalue weighted by atomic mass is 19.1. The van der Waals surface area contributed by atoms with Crippen LogP contribution < -0.4 is 5.32 Å². The number of methoxy groups -OCH3 is 1. The zero-order valence-electron chi connectivity index (χ0n) is 11.7. The van der Waals surface area contributed by atoms with E-state index in [0.717, 1.165) is 31.0 Å². The smallest absolute Gasteiger partial charge is 0.305 e. The van der Waals surface area contributed by atoms with Crippen molar-refractivity contribution in [3.8, 4) is 0 Å². The van der Waals surface area contributed by atoms with Crippen molar-refractivity contribution in [1.82, 2.24) is 5.32 Å². The average molecular weight is 297 g/mol. The second-order valence-electron chi connectivity index (χ2n) is 5.10. The summed E-state index contributed by atoms with van der Waals surface area (Å²) in [5, 5.41) is 3.07. The summed E-state index contributed by atoms with van der Waals surface area (Å²) in [6.45, 7) is 0. The summed E-state index contributed by atoms with van der Waals surface area (Å²) in [4.78, 5) is 23.6. The number of hydrogen-bond acceptors (Lipinski definition) is 4. The first-order valence-corrected chi connectivity index (χ1v) is 6.83. The van der Waals surface area contributed by atoms with E-state index in [4.69, 9.17) is 0 Å². The molecular weight excluding hydrogens is 280 g/mol. The van der Waals surface area contributed by atoms with E-state index < -0.39 is 29.4 Å². The van der Waals surface area contributed by atoms with Crippen molar-refractivity contribution in [3.63, 3.8) is 0 Å². The standard InChI is InChI=1S/C15H17F2NO3/c1-21-14(19)7-6-13(18-10-3-4-10)15(20)11-8-9(16)2-5-12(11)17/h2,5,8,10,13,18H,3-4,6-7H2,1H3. The summed E-state index contributed by atoms with van der Waals surface area (Å²) in [5.74, 6) is -2.41. The largest absolute Gasteiger partial charge is 0.469 e. The Morgan fingerprint density at radius 1 is 1.38 bits per heavy atom. The van der Waals surface area contributed by atoms with Crippen LogP contribution in [0.4, 0.5) is 8.78 Å². The summed E-state index contributed by atoms with van der Waals surface area (Å²) in [6, 6.07) is 2.26. The molecule has 2 rings (SSSR count). The molecule has 1 saturated carbocycles. The molecule has 1 aromatic carbocycles. The predicted octanol–water partition coefficient (Wildman–Crippen LogP) is 2.22. The molecule has 0 saturated heterocycles. The number of Topliss-reactive ketones (excluding diaryl/α,β-unsaturated/α-hetero) is 1. The van der Waals surface area contributed by atoms with E-state index in [2.05, 4.69) is 10.1 Å². The van der Waals surface area contributed by atoms with Crippen LogP contribution in [0.15, 0.2) is 18.2 Å². The first-order valence-electron chi connectivity index (χ1n) is 6.83. The molecular formula is C15H17F2NO3. The van der Waals surface area contributed by atoms with E-state index >= 15 is 0 Å². The molecule has 1 atom stereocenters. The Kier molecular flexibility index (Phi) is 5.01. The number of benzene rings is 1. The lowest BCUT2D eigenvalue weighted by Crippen LogP contribution is -2.39. The first kappa shape index (κ1) is 15.6. The number of halogens is 2. The predicted molar refractivity (Wildman–Crippen MR) is 71.9 cm³/mol. The molecule has 1 N–H and O–H groups in total. The van der Waals surface area contributed by atoms with Gasteiger partial charge in [0.15, 0.2) is 5.78 Å². The molecule has 0 amide bonds. The fourth-order valence-electron chi connectivity index (χ4n) is 2.06. The SMILES string of the molecule is COC(=O)CCC(NC1CC1)C(=O)c1cc(F)ccc1F. The number of nitrogens with one attached hydrogen (secondary N) is 1. The second-order valence-corrected chi connectivity index (χ2v) is 5.10. The zero-order valence-corrected chi connectivity index (χ0v) is 11.7. The third-order valence-corrected chi connectivity index (χ3v) is 3.39. The van der Waals surface area contributed by atoms with Gasteiger partial charge in [-0.3, -0.25) is 9.59 Å². The van der Waals surface area contributed by atoms with Gasteiger partial charge >= 0.3 is 5.97 Å². The van der Waals surface area contributed by atoms with E-state index in [0.29, 0.717) is 0 Å². The van der Waals surface area contributed by atoms with Gasteiger partial charge in [0.25, 0.3) is 0 Å². The number of carbonyl (C=O) groups excluding carboxylic acids is 2. The van der Waals surface area contributed by atoms with Crippen LogP contribution >= 0.6 is 0 Å². The number of ketones is 1. The van der Waals surface area contributed by atoms with Gasteiger partial charge in [0, 0.05) is 12.5 Å². The highest BCUT2D eigenvalue weighted by Gasteiger charge is 2.30. The highest BCUT2D eigenvalue weighted by molar-refractivity contribution is 6.00. The van der Waals surface area contributed by atoms with Gasteiger partial charge in [0.2, 0.25) is 0 Å². The van der Waals surface area contributed by atoms with Crippen molar-refractivity contribution in [1.29, 1.82) is 0 Å². The molecule has 1 aliphatic carbocycles. The van der Waals surface area contributed by atoms with Gasteiger partial charge in [0.1, 0.15) is 11.6 Å². The van der Waals surface area contributed by atoms with Crippen LogP contribution in [0.25, 0.3) is 0 Å². The lowest BCUT2D eigenvalue weighted by molar-refractivity contribution is -0.140. The van der Waals surface area contributed by atoms with E-state index in [1.54, 1.807) is 0 Å². The average Bonchev–Trinajstić information content (AvgIpc) is 3.28. The van der Waals surface area contributed by atoms with Gasteiger partial charge in [0.05, 0.1) is 18.7 Å². The van der Waals surface area contributed by atoms with Crippen molar-refractivity contribution in [2.24, 2.45) is 0 Å². The summed E-state index contributed by atoms with van der Waals surface area (Å²) < 4.78 is 31.4. The molecule has 1 fully saturated rings.